The van der Waals surface area contributed by atoms with Crippen molar-refractivity contribution < 1.29 is 5.11 Å². The first-order valence-corrected chi connectivity index (χ1v) is 10.3. The average molecular weight is 263 g/mol. The summed E-state index contributed by atoms with van der Waals surface area (Å²) in [5.41, 5.74) is 0. The van der Waals surface area contributed by atoms with Gasteiger partial charge >= 0.3 is 0 Å². The third-order valence-corrected chi connectivity index (χ3v) is 7.42. The molecule has 0 radical (unpaired) electrons. The molecule has 1 aromatic carbocycles. The van der Waals surface area contributed by atoms with Gasteiger partial charge in [0.2, 0.25) is 0 Å². The van der Waals surface area contributed by atoms with Crippen LogP contribution >= 0.6 is 0 Å². The number of piperidine rings is 1. The van der Waals surface area contributed by atoms with Gasteiger partial charge in [0.05, 0.1) is 14.2 Å². The minimum Gasteiger partial charge on any atom is -0.392 e. The van der Waals surface area contributed by atoms with Crippen molar-refractivity contribution in [3.05, 3.63) is 30.3 Å². The van der Waals surface area contributed by atoms with Crippen LogP contribution in [-0.2, 0) is 0 Å². The first kappa shape index (κ1) is 13.8. The highest BCUT2D eigenvalue weighted by Crippen LogP contribution is 2.19. The second kappa shape index (κ2) is 6.00. The molecule has 0 unspecified atom stereocenters. The van der Waals surface area contributed by atoms with Gasteiger partial charge in [0.25, 0.3) is 0 Å². The zero-order chi connectivity index (χ0) is 13.0. The maximum atomic E-state index is 10.4. The Hall–Kier alpha value is -0.643. The van der Waals surface area contributed by atoms with E-state index in [0.717, 1.165) is 19.0 Å². The van der Waals surface area contributed by atoms with E-state index < -0.39 is 8.07 Å². The molecule has 100 valence electrons. The molecule has 1 fully saturated rings. The van der Waals surface area contributed by atoms with Gasteiger partial charge in [0, 0.05) is 6.04 Å². The van der Waals surface area contributed by atoms with Gasteiger partial charge in [-0.2, -0.15) is 0 Å². The number of benzene rings is 1. The number of aliphatic hydroxyl groups excluding tert-OH is 1. The molecule has 0 aromatic heterocycles. The van der Waals surface area contributed by atoms with Crippen molar-refractivity contribution in [2.45, 2.75) is 50.5 Å². The SMILES string of the molecule is C[Si](C)(C[C@@H](O)[C@@H]1CCCCN1)c1ccccc1. The molecule has 2 nitrogen and oxygen atoms in total. The Morgan fingerprint density at radius 3 is 2.61 bits per heavy atom. The van der Waals surface area contributed by atoms with Gasteiger partial charge in [-0.25, -0.2) is 0 Å². The molecule has 2 atom stereocenters. The summed E-state index contributed by atoms with van der Waals surface area (Å²) in [5, 5.41) is 15.4. The summed E-state index contributed by atoms with van der Waals surface area (Å²) in [6.07, 6.45) is 3.44. The third kappa shape index (κ3) is 3.43. The normalized spacial score (nSPS) is 22.7. The summed E-state index contributed by atoms with van der Waals surface area (Å²) >= 11 is 0. The summed E-state index contributed by atoms with van der Waals surface area (Å²) in [6.45, 7) is 5.78. The Labute approximate surface area is 111 Å². The summed E-state index contributed by atoms with van der Waals surface area (Å²) in [5.74, 6) is 0. The van der Waals surface area contributed by atoms with Crippen LogP contribution in [-0.4, -0.2) is 31.9 Å². The van der Waals surface area contributed by atoms with E-state index in [1.165, 1.54) is 18.0 Å². The van der Waals surface area contributed by atoms with E-state index in [2.05, 4.69) is 48.7 Å². The van der Waals surface area contributed by atoms with E-state index in [1.807, 2.05) is 0 Å². The minimum atomic E-state index is -1.52. The van der Waals surface area contributed by atoms with E-state index >= 15 is 0 Å². The molecule has 1 aliphatic rings. The fraction of sp³-hybridized carbons (Fsp3) is 0.600. The van der Waals surface area contributed by atoms with E-state index in [1.54, 1.807) is 0 Å². The summed E-state index contributed by atoms with van der Waals surface area (Å²) < 4.78 is 0. The standard InChI is InChI=1S/C15H25NOSi/c1-18(2,13-8-4-3-5-9-13)12-15(17)14-10-6-7-11-16-14/h3-5,8-9,14-17H,6-7,10-12H2,1-2H3/t14-,15+/m0/s1. The predicted molar refractivity (Wildman–Crippen MR) is 80.0 cm³/mol. The molecule has 1 aromatic rings. The zero-order valence-corrected chi connectivity index (χ0v) is 12.5. The molecule has 0 aliphatic carbocycles. The van der Waals surface area contributed by atoms with Crippen molar-refractivity contribution in [3.8, 4) is 0 Å². The minimum absolute atomic E-state index is 0.188. The molecule has 2 N–H and O–H groups in total. The van der Waals surface area contributed by atoms with Crippen LogP contribution in [0, 0.1) is 0 Å². The number of aliphatic hydroxyl groups is 1. The second-order valence-electron chi connectivity index (χ2n) is 6.08. The summed E-state index contributed by atoms with van der Waals surface area (Å²) in [4.78, 5) is 0. The van der Waals surface area contributed by atoms with Crippen LogP contribution < -0.4 is 10.5 Å². The van der Waals surface area contributed by atoms with Crippen LogP contribution in [0.25, 0.3) is 0 Å². The molecular weight excluding hydrogens is 238 g/mol. The fourth-order valence-electron chi connectivity index (χ4n) is 2.88. The second-order valence-corrected chi connectivity index (χ2v) is 10.8. The summed E-state index contributed by atoms with van der Waals surface area (Å²) in [7, 11) is -1.52. The van der Waals surface area contributed by atoms with Crippen molar-refractivity contribution >= 4 is 13.3 Å². The lowest BCUT2D eigenvalue weighted by Gasteiger charge is -2.33. The van der Waals surface area contributed by atoms with Crippen molar-refractivity contribution in [1.29, 1.82) is 0 Å². The lowest BCUT2D eigenvalue weighted by molar-refractivity contribution is 0.128. The number of rotatable bonds is 4. The first-order chi connectivity index (χ1) is 8.59. The zero-order valence-electron chi connectivity index (χ0n) is 11.5. The van der Waals surface area contributed by atoms with Crippen LogP contribution in [0.1, 0.15) is 19.3 Å². The van der Waals surface area contributed by atoms with Crippen molar-refractivity contribution in [2.75, 3.05) is 6.54 Å². The predicted octanol–water partition coefficient (Wildman–Crippen LogP) is 2.10. The van der Waals surface area contributed by atoms with E-state index in [-0.39, 0.29) is 6.10 Å². The molecule has 1 heterocycles. The van der Waals surface area contributed by atoms with Crippen LogP contribution in [0.5, 0.6) is 0 Å². The van der Waals surface area contributed by atoms with E-state index in [0.29, 0.717) is 6.04 Å². The Bertz CT molecular complexity index is 360. The monoisotopic (exact) mass is 263 g/mol. The molecule has 2 rings (SSSR count). The fourth-order valence-corrected chi connectivity index (χ4v) is 5.54. The largest absolute Gasteiger partial charge is 0.392 e. The molecule has 3 heteroatoms. The topological polar surface area (TPSA) is 32.3 Å². The van der Waals surface area contributed by atoms with Gasteiger partial charge in [-0.1, -0.05) is 55.0 Å². The van der Waals surface area contributed by atoms with Gasteiger partial charge in [-0.05, 0) is 25.4 Å². The van der Waals surface area contributed by atoms with Crippen LogP contribution in [0.4, 0.5) is 0 Å². The van der Waals surface area contributed by atoms with Crippen LogP contribution in [0.3, 0.4) is 0 Å². The highest BCUT2D eigenvalue weighted by Gasteiger charge is 2.30. The number of hydrogen-bond acceptors (Lipinski definition) is 2. The molecule has 0 bridgehead atoms. The molecule has 0 saturated carbocycles. The van der Waals surface area contributed by atoms with E-state index in [9.17, 15) is 5.11 Å². The third-order valence-electron chi connectivity index (χ3n) is 4.09. The number of hydrogen-bond donors (Lipinski definition) is 2. The molecule has 0 amide bonds. The smallest absolute Gasteiger partial charge is 0.0832 e. The first-order valence-electron chi connectivity index (χ1n) is 7.06. The molecule has 0 spiro atoms. The highest BCUT2D eigenvalue weighted by atomic mass is 28.3. The Morgan fingerprint density at radius 1 is 1.28 bits per heavy atom. The molecule has 1 aliphatic heterocycles. The number of nitrogens with one attached hydrogen (secondary N) is 1. The lowest BCUT2D eigenvalue weighted by Crippen LogP contribution is -2.50. The van der Waals surface area contributed by atoms with Crippen LogP contribution in [0.2, 0.25) is 19.1 Å². The van der Waals surface area contributed by atoms with Crippen molar-refractivity contribution in [3.63, 3.8) is 0 Å². The molecular formula is C15H25NOSi. The highest BCUT2D eigenvalue weighted by molar-refractivity contribution is 6.89. The quantitative estimate of drug-likeness (QED) is 0.816. The van der Waals surface area contributed by atoms with Gasteiger partial charge in [-0.3, -0.25) is 0 Å². The van der Waals surface area contributed by atoms with Gasteiger partial charge in [0.1, 0.15) is 0 Å². The maximum Gasteiger partial charge on any atom is 0.0832 e. The van der Waals surface area contributed by atoms with Crippen LogP contribution in [0.15, 0.2) is 30.3 Å². The van der Waals surface area contributed by atoms with Gasteiger partial charge < -0.3 is 10.4 Å². The maximum absolute atomic E-state index is 10.4. The van der Waals surface area contributed by atoms with Crippen molar-refractivity contribution in [1.82, 2.24) is 5.32 Å². The Morgan fingerprint density at radius 2 is 2.00 bits per heavy atom. The van der Waals surface area contributed by atoms with Gasteiger partial charge in [0.15, 0.2) is 0 Å². The molecule has 18 heavy (non-hydrogen) atoms. The Kier molecular flexibility index (Phi) is 4.59. The van der Waals surface area contributed by atoms with E-state index in [4.69, 9.17) is 0 Å². The lowest BCUT2D eigenvalue weighted by atomic mass is 10.0. The summed E-state index contributed by atoms with van der Waals surface area (Å²) in [6, 6.07) is 12.0. The molecule has 1 saturated heterocycles. The van der Waals surface area contributed by atoms with Crippen molar-refractivity contribution in [2.24, 2.45) is 0 Å². The van der Waals surface area contributed by atoms with Gasteiger partial charge in [-0.15, -0.1) is 0 Å². The average Bonchev–Trinajstić information content (AvgIpc) is 2.40. The Balaban J connectivity index is 1.98.